The smallest absolute Gasteiger partial charge is 0.335 e. The van der Waals surface area contributed by atoms with Crippen LogP contribution in [0, 0.1) is 5.82 Å². The van der Waals surface area contributed by atoms with Crippen molar-refractivity contribution in [3.63, 3.8) is 0 Å². The quantitative estimate of drug-likeness (QED) is 0.507. The van der Waals surface area contributed by atoms with Crippen LogP contribution in [0.2, 0.25) is 0 Å². The molecule has 0 aliphatic carbocycles. The number of hydrogen-bond donors (Lipinski definition) is 2. The summed E-state index contributed by atoms with van der Waals surface area (Å²) in [4.78, 5) is 30.2. The summed E-state index contributed by atoms with van der Waals surface area (Å²) in [5.41, 5.74) is 1.35. The van der Waals surface area contributed by atoms with E-state index in [1.54, 1.807) is 24.3 Å². The Morgan fingerprint density at radius 2 is 2.06 bits per heavy atom. The largest absolute Gasteiger partial charge is 0.478 e. The van der Waals surface area contributed by atoms with E-state index in [1.165, 1.54) is 29.7 Å². The number of amides is 1. The summed E-state index contributed by atoms with van der Waals surface area (Å²) in [6.45, 7) is 3.39. The molecule has 1 amide bonds. The van der Waals surface area contributed by atoms with Crippen LogP contribution in [0.1, 0.15) is 41.6 Å². The van der Waals surface area contributed by atoms with Crippen molar-refractivity contribution in [2.24, 2.45) is 0 Å². The van der Waals surface area contributed by atoms with E-state index in [0.29, 0.717) is 22.5 Å². The maximum Gasteiger partial charge on any atom is 0.335 e. The van der Waals surface area contributed by atoms with E-state index in [9.17, 15) is 14.0 Å². The van der Waals surface area contributed by atoms with Gasteiger partial charge in [-0.15, -0.1) is 0 Å². The number of carboxylic acids is 1. The van der Waals surface area contributed by atoms with Crippen LogP contribution >= 0.6 is 11.3 Å². The van der Waals surface area contributed by atoms with Gasteiger partial charge in [-0.25, -0.2) is 14.2 Å². The first-order valence-electron chi connectivity index (χ1n) is 10.7. The molecule has 2 aromatic carbocycles. The average Bonchev–Trinajstić information content (AvgIpc) is 3.25. The van der Waals surface area contributed by atoms with Gasteiger partial charge in [0, 0.05) is 12.6 Å². The summed E-state index contributed by atoms with van der Waals surface area (Å²) < 4.78 is 18.9. The van der Waals surface area contributed by atoms with Crippen molar-refractivity contribution in [1.29, 1.82) is 0 Å². The third kappa shape index (κ3) is 5.74. The highest BCUT2D eigenvalue weighted by Crippen LogP contribution is 2.31. The second-order valence-corrected chi connectivity index (χ2v) is 8.96. The third-order valence-electron chi connectivity index (χ3n) is 5.74. The fraction of sp³-hybridized carbons (Fsp3) is 0.292. The lowest BCUT2D eigenvalue weighted by Crippen LogP contribution is -2.46. The SMILES string of the molecule is CC(C(=O)Nc1ncc(Oc2cccc(F)c2)s1)N1CCCC(c2ccc(C(=O)O)cc2)C1. The van der Waals surface area contributed by atoms with Crippen molar-refractivity contribution in [1.82, 2.24) is 9.88 Å². The molecular weight excluding hydrogens is 445 g/mol. The normalized spacial score (nSPS) is 17.3. The molecule has 0 spiro atoms. The fourth-order valence-electron chi connectivity index (χ4n) is 3.91. The first-order chi connectivity index (χ1) is 15.9. The van der Waals surface area contributed by atoms with E-state index in [0.717, 1.165) is 24.9 Å². The molecule has 1 aliphatic heterocycles. The van der Waals surface area contributed by atoms with Gasteiger partial charge in [-0.2, -0.15) is 0 Å². The highest BCUT2D eigenvalue weighted by molar-refractivity contribution is 7.17. The van der Waals surface area contributed by atoms with Crippen molar-refractivity contribution in [2.75, 3.05) is 18.4 Å². The summed E-state index contributed by atoms with van der Waals surface area (Å²) in [6, 6.07) is 12.4. The molecule has 4 rings (SSSR count). The maximum atomic E-state index is 13.3. The van der Waals surface area contributed by atoms with Crippen LogP contribution < -0.4 is 10.1 Å². The number of benzene rings is 2. The van der Waals surface area contributed by atoms with E-state index < -0.39 is 11.8 Å². The molecule has 0 bridgehead atoms. The zero-order valence-corrected chi connectivity index (χ0v) is 18.8. The van der Waals surface area contributed by atoms with Gasteiger partial charge < -0.3 is 15.2 Å². The van der Waals surface area contributed by atoms with Crippen LogP contribution in [0.25, 0.3) is 0 Å². The van der Waals surface area contributed by atoms with Gasteiger partial charge in [0.1, 0.15) is 11.6 Å². The summed E-state index contributed by atoms with van der Waals surface area (Å²) >= 11 is 1.17. The number of carbonyl (C=O) groups excluding carboxylic acids is 1. The number of likely N-dealkylation sites (tertiary alicyclic amines) is 1. The minimum absolute atomic E-state index is 0.163. The molecule has 1 aromatic heterocycles. The van der Waals surface area contributed by atoms with E-state index in [2.05, 4.69) is 15.2 Å². The number of anilines is 1. The standard InChI is InChI=1S/C24H24FN3O4S/c1-15(28-11-3-4-18(14-28)16-7-9-17(10-8-16)23(30)31)22(29)27-24-26-13-21(33-24)32-20-6-2-5-19(25)12-20/h2,5-10,12-13,15,18H,3-4,11,14H2,1H3,(H,30,31)(H,26,27,29). The molecule has 2 atom stereocenters. The van der Waals surface area contributed by atoms with Crippen LogP contribution in [-0.2, 0) is 4.79 Å². The monoisotopic (exact) mass is 469 g/mol. The number of thiazole rings is 1. The van der Waals surface area contributed by atoms with Crippen LogP contribution in [0.3, 0.4) is 0 Å². The van der Waals surface area contributed by atoms with Crippen molar-refractivity contribution >= 4 is 28.3 Å². The number of piperidine rings is 1. The van der Waals surface area contributed by atoms with Gasteiger partial charge in [0.2, 0.25) is 11.0 Å². The average molecular weight is 470 g/mol. The predicted octanol–water partition coefficient (Wildman–Crippen LogP) is 4.98. The van der Waals surface area contributed by atoms with E-state index in [-0.39, 0.29) is 23.4 Å². The molecule has 1 saturated heterocycles. The lowest BCUT2D eigenvalue weighted by Gasteiger charge is -2.36. The van der Waals surface area contributed by atoms with Gasteiger partial charge in [-0.1, -0.05) is 29.5 Å². The Morgan fingerprint density at radius 3 is 2.79 bits per heavy atom. The molecule has 3 aromatic rings. The first-order valence-corrected chi connectivity index (χ1v) is 11.5. The first kappa shape index (κ1) is 22.9. The molecule has 1 fully saturated rings. The fourth-order valence-corrected chi connectivity index (χ4v) is 4.61. The lowest BCUT2D eigenvalue weighted by molar-refractivity contribution is -0.121. The van der Waals surface area contributed by atoms with Gasteiger partial charge in [-0.3, -0.25) is 9.69 Å². The van der Waals surface area contributed by atoms with Crippen molar-refractivity contribution in [2.45, 2.75) is 31.7 Å². The second kappa shape index (κ2) is 10.1. The van der Waals surface area contributed by atoms with Crippen LogP contribution in [-0.4, -0.2) is 46.0 Å². The predicted molar refractivity (Wildman–Crippen MR) is 124 cm³/mol. The molecule has 0 radical (unpaired) electrons. The number of halogens is 1. The van der Waals surface area contributed by atoms with E-state index in [4.69, 9.17) is 9.84 Å². The van der Waals surface area contributed by atoms with Crippen LogP contribution in [0.4, 0.5) is 9.52 Å². The zero-order valence-electron chi connectivity index (χ0n) is 18.0. The van der Waals surface area contributed by atoms with E-state index >= 15 is 0 Å². The molecule has 2 heterocycles. The topological polar surface area (TPSA) is 91.8 Å². The Kier molecular flexibility index (Phi) is 7.00. The van der Waals surface area contributed by atoms with Crippen molar-refractivity contribution < 1.29 is 23.8 Å². The van der Waals surface area contributed by atoms with Crippen molar-refractivity contribution in [3.05, 3.63) is 71.7 Å². The summed E-state index contributed by atoms with van der Waals surface area (Å²) in [5.74, 6) is -0.895. The highest BCUT2D eigenvalue weighted by atomic mass is 32.1. The Morgan fingerprint density at radius 1 is 1.27 bits per heavy atom. The Balaban J connectivity index is 1.35. The molecule has 172 valence electrons. The number of nitrogens with zero attached hydrogens (tertiary/aromatic N) is 2. The van der Waals surface area contributed by atoms with Gasteiger partial charge >= 0.3 is 5.97 Å². The number of nitrogens with one attached hydrogen (secondary N) is 1. The van der Waals surface area contributed by atoms with E-state index in [1.807, 2.05) is 19.1 Å². The molecule has 7 nitrogen and oxygen atoms in total. The number of hydrogen-bond acceptors (Lipinski definition) is 6. The Bertz CT molecular complexity index is 1130. The van der Waals surface area contributed by atoms with Crippen LogP contribution in [0.15, 0.2) is 54.7 Å². The number of carboxylic acid groups (broad SMARTS) is 1. The molecule has 2 unspecified atom stereocenters. The summed E-state index contributed by atoms with van der Waals surface area (Å²) in [7, 11) is 0. The molecule has 33 heavy (non-hydrogen) atoms. The number of rotatable bonds is 7. The van der Waals surface area contributed by atoms with Gasteiger partial charge in [0.15, 0.2) is 5.13 Å². The maximum absolute atomic E-state index is 13.3. The molecule has 2 N–H and O–H groups in total. The summed E-state index contributed by atoms with van der Waals surface area (Å²) in [5, 5.41) is 12.8. The molecule has 9 heteroatoms. The Hall–Kier alpha value is -3.30. The lowest BCUT2D eigenvalue weighted by atomic mass is 9.89. The second-order valence-electron chi connectivity index (χ2n) is 7.97. The van der Waals surface area contributed by atoms with Crippen molar-refractivity contribution in [3.8, 4) is 10.8 Å². The minimum Gasteiger partial charge on any atom is -0.478 e. The summed E-state index contributed by atoms with van der Waals surface area (Å²) in [6.07, 6.45) is 3.43. The number of carbonyl (C=O) groups is 2. The zero-order chi connectivity index (χ0) is 23.4. The molecular formula is C24H24FN3O4S. The van der Waals surface area contributed by atoms with Gasteiger partial charge in [-0.05, 0) is 62.1 Å². The van der Waals surface area contributed by atoms with Gasteiger partial charge in [0.05, 0.1) is 17.8 Å². The number of aromatic nitrogens is 1. The highest BCUT2D eigenvalue weighted by Gasteiger charge is 2.28. The molecule has 1 aliphatic rings. The minimum atomic E-state index is -0.941. The molecule has 0 saturated carbocycles. The van der Waals surface area contributed by atoms with Crippen LogP contribution in [0.5, 0.6) is 10.8 Å². The Labute approximate surface area is 194 Å². The number of ether oxygens (including phenoxy) is 1. The third-order valence-corrected chi connectivity index (χ3v) is 6.53. The van der Waals surface area contributed by atoms with Gasteiger partial charge in [0.25, 0.3) is 0 Å². The number of aromatic carboxylic acids is 1.